The minimum absolute atomic E-state index is 0.142. The molecular formula is C14H15FN2O4S2. The van der Waals surface area contributed by atoms with E-state index >= 15 is 0 Å². The first-order valence-corrected chi connectivity index (χ1v) is 8.88. The number of aromatic nitrogens is 1. The molecule has 1 atom stereocenters. The number of thiazole rings is 1. The van der Waals surface area contributed by atoms with Crippen molar-refractivity contribution in [2.45, 2.75) is 24.8 Å². The van der Waals surface area contributed by atoms with Gasteiger partial charge in [0.1, 0.15) is 26.7 Å². The molecule has 1 aromatic heterocycles. The van der Waals surface area contributed by atoms with Crippen molar-refractivity contribution < 1.29 is 22.3 Å². The van der Waals surface area contributed by atoms with E-state index in [-0.39, 0.29) is 11.0 Å². The first kappa shape index (κ1) is 17.5. The standard InChI is InChI=1S/C14H15FN2O4S2/c1-8-12(22-14(16-8)9(2)21-3)13(18)17-23(19,20)11-7-5-4-6-10(11)15/h4-7,9H,1-3H3,(H,17,18). The molecule has 1 amide bonds. The van der Waals surface area contributed by atoms with Crippen molar-refractivity contribution in [2.75, 3.05) is 7.11 Å². The number of amides is 1. The van der Waals surface area contributed by atoms with Gasteiger partial charge in [0.05, 0.1) is 5.69 Å². The van der Waals surface area contributed by atoms with Crippen LogP contribution in [-0.4, -0.2) is 26.4 Å². The van der Waals surface area contributed by atoms with Crippen LogP contribution in [0, 0.1) is 12.7 Å². The van der Waals surface area contributed by atoms with Crippen LogP contribution in [-0.2, 0) is 14.8 Å². The van der Waals surface area contributed by atoms with Gasteiger partial charge in [-0.2, -0.15) is 0 Å². The van der Waals surface area contributed by atoms with Gasteiger partial charge < -0.3 is 4.74 Å². The summed E-state index contributed by atoms with van der Waals surface area (Å²) in [5.74, 6) is -1.78. The fraction of sp³-hybridized carbons (Fsp3) is 0.286. The van der Waals surface area contributed by atoms with Crippen molar-refractivity contribution in [1.82, 2.24) is 9.71 Å². The monoisotopic (exact) mass is 358 g/mol. The minimum Gasteiger partial charge on any atom is -0.375 e. The Kier molecular flexibility index (Phi) is 5.12. The highest BCUT2D eigenvalue weighted by molar-refractivity contribution is 7.90. The lowest BCUT2D eigenvalue weighted by Crippen LogP contribution is -2.31. The van der Waals surface area contributed by atoms with Crippen LogP contribution in [0.1, 0.15) is 33.4 Å². The number of nitrogens with zero attached hydrogens (tertiary/aromatic N) is 1. The third kappa shape index (κ3) is 3.74. The quantitative estimate of drug-likeness (QED) is 0.887. The molecule has 0 bridgehead atoms. The number of rotatable bonds is 5. The van der Waals surface area contributed by atoms with E-state index in [9.17, 15) is 17.6 Å². The highest BCUT2D eigenvalue weighted by Crippen LogP contribution is 2.25. The highest BCUT2D eigenvalue weighted by atomic mass is 32.2. The number of sulfonamides is 1. The molecule has 0 spiro atoms. The van der Waals surface area contributed by atoms with Crippen LogP contribution in [0.4, 0.5) is 4.39 Å². The lowest BCUT2D eigenvalue weighted by molar-refractivity contribution is 0.0984. The van der Waals surface area contributed by atoms with Crippen LogP contribution in [0.2, 0.25) is 0 Å². The number of aryl methyl sites for hydroxylation is 1. The predicted molar refractivity (Wildman–Crippen MR) is 83.3 cm³/mol. The number of methoxy groups -OCH3 is 1. The molecule has 0 saturated carbocycles. The summed E-state index contributed by atoms with van der Waals surface area (Å²) < 4.78 is 44.9. The molecule has 0 radical (unpaired) electrons. The van der Waals surface area contributed by atoms with Gasteiger partial charge in [-0.15, -0.1) is 11.3 Å². The third-order valence-corrected chi connectivity index (χ3v) is 5.76. The van der Waals surface area contributed by atoms with Crippen molar-refractivity contribution in [3.63, 3.8) is 0 Å². The van der Waals surface area contributed by atoms with Crippen LogP contribution in [0.3, 0.4) is 0 Å². The molecule has 2 aromatic rings. The fourth-order valence-corrected chi connectivity index (χ4v) is 3.88. The number of hydrogen-bond donors (Lipinski definition) is 1. The second kappa shape index (κ2) is 6.73. The smallest absolute Gasteiger partial charge is 0.277 e. The lowest BCUT2D eigenvalue weighted by Gasteiger charge is -2.07. The number of ether oxygens (including phenoxy) is 1. The Morgan fingerprint density at radius 2 is 2.04 bits per heavy atom. The largest absolute Gasteiger partial charge is 0.375 e. The van der Waals surface area contributed by atoms with E-state index in [1.165, 1.54) is 19.2 Å². The molecule has 23 heavy (non-hydrogen) atoms. The molecule has 0 aliphatic rings. The van der Waals surface area contributed by atoms with Crippen LogP contribution >= 0.6 is 11.3 Å². The number of halogens is 1. The van der Waals surface area contributed by atoms with Crippen molar-refractivity contribution >= 4 is 27.3 Å². The molecule has 0 fully saturated rings. The first-order valence-electron chi connectivity index (χ1n) is 6.58. The Morgan fingerprint density at radius 1 is 1.39 bits per heavy atom. The maximum atomic E-state index is 13.6. The maximum Gasteiger partial charge on any atom is 0.277 e. The summed E-state index contributed by atoms with van der Waals surface area (Å²) in [5, 5.41) is 0.554. The van der Waals surface area contributed by atoms with E-state index in [1.54, 1.807) is 13.8 Å². The van der Waals surface area contributed by atoms with Crippen LogP contribution in [0.25, 0.3) is 0 Å². The van der Waals surface area contributed by atoms with E-state index < -0.39 is 26.6 Å². The summed E-state index contributed by atoms with van der Waals surface area (Å²) >= 11 is 1.03. The summed E-state index contributed by atoms with van der Waals surface area (Å²) in [4.78, 5) is 16.0. The molecule has 1 N–H and O–H groups in total. The molecule has 1 heterocycles. The van der Waals surface area contributed by atoms with Gasteiger partial charge >= 0.3 is 0 Å². The number of carbonyl (C=O) groups is 1. The predicted octanol–water partition coefficient (Wildman–Crippen LogP) is 2.42. The Bertz CT molecular complexity index is 833. The SMILES string of the molecule is COC(C)c1nc(C)c(C(=O)NS(=O)(=O)c2ccccc2F)s1. The molecule has 9 heteroatoms. The minimum atomic E-state index is -4.30. The van der Waals surface area contributed by atoms with E-state index in [1.807, 2.05) is 4.72 Å². The Hall–Kier alpha value is -1.84. The van der Waals surface area contributed by atoms with Gasteiger partial charge in [-0.05, 0) is 26.0 Å². The van der Waals surface area contributed by atoms with E-state index in [2.05, 4.69) is 4.98 Å². The number of hydrogen-bond acceptors (Lipinski definition) is 6. The van der Waals surface area contributed by atoms with Gasteiger partial charge in [0.2, 0.25) is 0 Å². The van der Waals surface area contributed by atoms with Gasteiger partial charge in [0, 0.05) is 7.11 Å². The molecule has 124 valence electrons. The summed E-state index contributed by atoms with van der Waals surface area (Å²) in [6, 6.07) is 4.83. The van der Waals surface area contributed by atoms with Gasteiger partial charge in [0.15, 0.2) is 0 Å². The lowest BCUT2D eigenvalue weighted by atomic mass is 10.3. The summed E-state index contributed by atoms with van der Waals surface area (Å²) in [6.45, 7) is 3.35. The first-order chi connectivity index (χ1) is 10.8. The van der Waals surface area contributed by atoms with Crippen LogP contribution in [0.5, 0.6) is 0 Å². The Labute approximate surface area is 137 Å². The Morgan fingerprint density at radius 3 is 2.65 bits per heavy atom. The zero-order valence-corrected chi connectivity index (χ0v) is 14.3. The van der Waals surface area contributed by atoms with E-state index in [4.69, 9.17) is 4.74 Å². The summed E-state index contributed by atoms with van der Waals surface area (Å²) in [7, 11) is -2.79. The van der Waals surface area contributed by atoms with Crippen molar-refractivity contribution in [1.29, 1.82) is 0 Å². The Balaban J connectivity index is 2.29. The van der Waals surface area contributed by atoms with Crippen molar-refractivity contribution in [2.24, 2.45) is 0 Å². The van der Waals surface area contributed by atoms with Gasteiger partial charge in [-0.3, -0.25) is 4.79 Å². The molecule has 0 saturated heterocycles. The maximum absolute atomic E-state index is 13.6. The number of carbonyl (C=O) groups excluding carboxylic acids is 1. The highest BCUT2D eigenvalue weighted by Gasteiger charge is 2.25. The summed E-state index contributed by atoms with van der Waals surface area (Å²) in [5.41, 5.74) is 0.384. The number of benzene rings is 1. The average Bonchev–Trinajstić information content (AvgIpc) is 2.88. The normalized spacial score (nSPS) is 12.9. The van der Waals surface area contributed by atoms with Gasteiger partial charge in [-0.1, -0.05) is 12.1 Å². The van der Waals surface area contributed by atoms with Gasteiger partial charge in [-0.25, -0.2) is 22.5 Å². The average molecular weight is 358 g/mol. The second-order valence-corrected chi connectivity index (χ2v) is 7.39. The molecule has 1 aromatic carbocycles. The van der Waals surface area contributed by atoms with E-state index in [0.29, 0.717) is 10.7 Å². The van der Waals surface area contributed by atoms with Crippen molar-refractivity contribution in [3.05, 3.63) is 45.7 Å². The topological polar surface area (TPSA) is 85.4 Å². The number of nitrogens with one attached hydrogen (secondary N) is 1. The second-order valence-electron chi connectivity index (χ2n) is 4.71. The summed E-state index contributed by atoms with van der Waals surface area (Å²) in [6.07, 6.45) is -0.316. The van der Waals surface area contributed by atoms with E-state index in [0.717, 1.165) is 23.5 Å². The van der Waals surface area contributed by atoms with Gasteiger partial charge in [0.25, 0.3) is 15.9 Å². The molecule has 0 aliphatic heterocycles. The molecule has 1 unspecified atom stereocenters. The molecular weight excluding hydrogens is 343 g/mol. The van der Waals surface area contributed by atoms with Crippen LogP contribution < -0.4 is 4.72 Å². The zero-order chi connectivity index (χ0) is 17.2. The third-order valence-electron chi connectivity index (χ3n) is 3.07. The van der Waals surface area contributed by atoms with Crippen LogP contribution in [0.15, 0.2) is 29.2 Å². The zero-order valence-electron chi connectivity index (χ0n) is 12.7. The fourth-order valence-electron chi connectivity index (χ4n) is 1.79. The van der Waals surface area contributed by atoms with Crippen molar-refractivity contribution in [3.8, 4) is 0 Å². The molecule has 0 aliphatic carbocycles. The molecule has 6 nitrogen and oxygen atoms in total. The molecule has 2 rings (SSSR count).